The second kappa shape index (κ2) is 6.70. The average molecular weight is 344 g/mol. The van der Waals surface area contributed by atoms with Crippen molar-refractivity contribution >= 4 is 23.2 Å². The Labute approximate surface area is 135 Å². The van der Waals surface area contributed by atoms with Gasteiger partial charge in [-0.15, -0.1) is 0 Å². The maximum atomic E-state index is 13.7. The summed E-state index contributed by atoms with van der Waals surface area (Å²) in [5.74, 6) is -3.47. The molecule has 0 atom stereocenters. The van der Waals surface area contributed by atoms with Crippen LogP contribution in [0.3, 0.4) is 0 Å². The molecule has 1 amide bonds. The minimum atomic E-state index is -1.20. The summed E-state index contributed by atoms with van der Waals surface area (Å²) >= 11 is 5.97. The third kappa shape index (κ3) is 3.45. The van der Waals surface area contributed by atoms with Crippen LogP contribution in [0, 0.1) is 11.6 Å². The van der Waals surface area contributed by atoms with Crippen LogP contribution in [0.5, 0.6) is 17.2 Å². The summed E-state index contributed by atoms with van der Waals surface area (Å²) in [4.78, 5) is 12.1. The number of methoxy groups -OCH3 is 2. The average Bonchev–Trinajstić information content (AvgIpc) is 2.46. The van der Waals surface area contributed by atoms with Crippen molar-refractivity contribution in [3.63, 3.8) is 0 Å². The van der Waals surface area contributed by atoms with Gasteiger partial charge in [-0.2, -0.15) is 0 Å². The van der Waals surface area contributed by atoms with Crippen LogP contribution in [-0.4, -0.2) is 25.2 Å². The van der Waals surface area contributed by atoms with Gasteiger partial charge in [-0.3, -0.25) is 4.79 Å². The summed E-state index contributed by atoms with van der Waals surface area (Å²) in [5.41, 5.74) is -0.563. The minimum Gasteiger partial charge on any atom is -0.507 e. The summed E-state index contributed by atoms with van der Waals surface area (Å²) < 4.78 is 36.8. The molecule has 2 aromatic rings. The van der Waals surface area contributed by atoms with Crippen molar-refractivity contribution in [1.29, 1.82) is 0 Å². The summed E-state index contributed by atoms with van der Waals surface area (Å²) in [6.45, 7) is 0. The summed E-state index contributed by atoms with van der Waals surface area (Å²) in [7, 11) is 2.76. The lowest BCUT2D eigenvalue weighted by atomic mass is 10.1. The minimum absolute atomic E-state index is 0.131. The fraction of sp³-hybridized carbons (Fsp3) is 0.133. The molecular formula is C15H12ClF2NO4. The zero-order valence-electron chi connectivity index (χ0n) is 12.1. The second-order valence-corrected chi connectivity index (χ2v) is 4.83. The lowest BCUT2D eigenvalue weighted by Gasteiger charge is -2.13. The Kier molecular flexibility index (Phi) is 4.90. The number of hydrogen-bond acceptors (Lipinski definition) is 4. The molecule has 2 aromatic carbocycles. The lowest BCUT2D eigenvalue weighted by molar-refractivity contribution is 0.102. The van der Waals surface area contributed by atoms with Crippen LogP contribution in [0.1, 0.15) is 10.4 Å². The number of amides is 1. The number of anilines is 1. The number of carbonyl (C=O) groups excluding carboxylic acids is 1. The van der Waals surface area contributed by atoms with Gasteiger partial charge >= 0.3 is 0 Å². The van der Waals surface area contributed by atoms with Crippen molar-refractivity contribution in [3.8, 4) is 17.2 Å². The van der Waals surface area contributed by atoms with E-state index < -0.39 is 28.9 Å². The molecule has 0 bridgehead atoms. The standard InChI is InChI=1S/C15H12ClF2NO4/c1-22-12-6-13(23-2)10(5-8(12)16)19-15(21)14-9(18)3-7(17)4-11(14)20/h3-6,20H,1-2H3,(H,19,21). The molecule has 0 spiro atoms. The number of phenols is 1. The Morgan fingerprint density at radius 3 is 2.35 bits per heavy atom. The zero-order valence-corrected chi connectivity index (χ0v) is 12.9. The van der Waals surface area contributed by atoms with E-state index in [0.29, 0.717) is 17.9 Å². The van der Waals surface area contributed by atoms with Crippen molar-refractivity contribution in [2.45, 2.75) is 0 Å². The second-order valence-electron chi connectivity index (χ2n) is 4.42. The molecule has 0 radical (unpaired) electrons. The van der Waals surface area contributed by atoms with Crippen molar-refractivity contribution in [3.05, 3.63) is 46.5 Å². The molecule has 8 heteroatoms. The van der Waals surface area contributed by atoms with Crippen molar-refractivity contribution in [1.82, 2.24) is 0 Å². The van der Waals surface area contributed by atoms with Crippen LogP contribution >= 0.6 is 11.6 Å². The molecule has 0 aromatic heterocycles. The SMILES string of the molecule is COc1cc(OC)c(NC(=O)c2c(O)cc(F)cc2F)cc1Cl. The molecule has 0 aliphatic heterocycles. The van der Waals surface area contributed by atoms with Crippen LogP contribution in [0.2, 0.25) is 5.02 Å². The fourth-order valence-electron chi connectivity index (χ4n) is 1.93. The topological polar surface area (TPSA) is 67.8 Å². The number of rotatable bonds is 4. The lowest BCUT2D eigenvalue weighted by Crippen LogP contribution is -2.15. The van der Waals surface area contributed by atoms with E-state index in [2.05, 4.69) is 5.32 Å². The first-order valence-electron chi connectivity index (χ1n) is 6.28. The number of ether oxygens (including phenoxy) is 2. The Bertz CT molecular complexity index is 744. The van der Waals surface area contributed by atoms with Crippen LogP contribution in [-0.2, 0) is 0 Å². The van der Waals surface area contributed by atoms with Gasteiger partial charge in [0.05, 0.1) is 24.9 Å². The Morgan fingerprint density at radius 1 is 1.13 bits per heavy atom. The highest BCUT2D eigenvalue weighted by atomic mass is 35.5. The van der Waals surface area contributed by atoms with Crippen molar-refractivity contribution in [2.24, 2.45) is 0 Å². The highest BCUT2D eigenvalue weighted by Gasteiger charge is 2.20. The Balaban J connectivity index is 2.40. The van der Waals surface area contributed by atoms with E-state index in [1.165, 1.54) is 26.4 Å². The van der Waals surface area contributed by atoms with E-state index in [1.807, 2.05) is 0 Å². The number of halogens is 3. The van der Waals surface area contributed by atoms with Gasteiger partial charge in [0.15, 0.2) is 0 Å². The molecule has 5 nitrogen and oxygen atoms in total. The number of hydrogen-bond donors (Lipinski definition) is 2. The van der Waals surface area contributed by atoms with Crippen molar-refractivity contribution in [2.75, 3.05) is 19.5 Å². The molecule has 0 aliphatic carbocycles. The van der Waals surface area contributed by atoms with Gasteiger partial charge in [0.25, 0.3) is 5.91 Å². The van der Waals surface area contributed by atoms with E-state index in [1.54, 1.807) is 0 Å². The van der Waals surface area contributed by atoms with E-state index in [9.17, 15) is 18.7 Å². The molecular weight excluding hydrogens is 332 g/mol. The molecule has 0 saturated heterocycles. The van der Waals surface area contributed by atoms with E-state index >= 15 is 0 Å². The predicted octanol–water partition coefficient (Wildman–Crippen LogP) is 3.59. The van der Waals surface area contributed by atoms with E-state index in [0.717, 1.165) is 0 Å². The highest BCUT2D eigenvalue weighted by Crippen LogP contribution is 2.36. The maximum absolute atomic E-state index is 13.7. The molecule has 0 heterocycles. The van der Waals surface area contributed by atoms with Crippen LogP contribution < -0.4 is 14.8 Å². The number of aromatic hydroxyl groups is 1. The number of nitrogens with one attached hydrogen (secondary N) is 1. The number of benzene rings is 2. The molecule has 0 unspecified atom stereocenters. The third-order valence-corrected chi connectivity index (χ3v) is 3.28. The predicted molar refractivity (Wildman–Crippen MR) is 80.5 cm³/mol. The first-order valence-corrected chi connectivity index (χ1v) is 6.66. The molecule has 23 heavy (non-hydrogen) atoms. The largest absolute Gasteiger partial charge is 0.507 e. The van der Waals surface area contributed by atoms with E-state index in [-0.39, 0.29) is 16.5 Å². The monoisotopic (exact) mass is 343 g/mol. The van der Waals surface area contributed by atoms with Crippen molar-refractivity contribution < 1.29 is 28.2 Å². The van der Waals surface area contributed by atoms with Gasteiger partial charge in [-0.1, -0.05) is 11.6 Å². The molecule has 122 valence electrons. The number of phenolic OH excluding ortho intramolecular Hbond substituents is 1. The molecule has 2 N–H and O–H groups in total. The van der Waals surface area contributed by atoms with Crippen LogP contribution in [0.15, 0.2) is 24.3 Å². The zero-order chi connectivity index (χ0) is 17.1. The normalized spacial score (nSPS) is 10.3. The molecule has 0 aliphatic rings. The smallest absolute Gasteiger partial charge is 0.262 e. The Hall–Kier alpha value is -2.54. The molecule has 2 rings (SSSR count). The van der Waals surface area contributed by atoms with Gasteiger partial charge in [0.2, 0.25) is 0 Å². The summed E-state index contributed by atoms with van der Waals surface area (Å²) in [6.07, 6.45) is 0. The first-order chi connectivity index (χ1) is 10.9. The van der Waals surface area contributed by atoms with Crippen LogP contribution in [0.4, 0.5) is 14.5 Å². The summed E-state index contributed by atoms with van der Waals surface area (Å²) in [5, 5.41) is 12.1. The van der Waals surface area contributed by atoms with Gasteiger partial charge in [0.1, 0.15) is 34.4 Å². The van der Waals surface area contributed by atoms with Gasteiger partial charge in [0, 0.05) is 18.2 Å². The molecule has 0 fully saturated rings. The van der Waals surface area contributed by atoms with Gasteiger partial charge in [-0.25, -0.2) is 8.78 Å². The number of carbonyl (C=O) groups is 1. The quantitative estimate of drug-likeness (QED) is 0.890. The van der Waals surface area contributed by atoms with Crippen LogP contribution in [0.25, 0.3) is 0 Å². The van der Waals surface area contributed by atoms with Gasteiger partial charge < -0.3 is 19.9 Å². The van der Waals surface area contributed by atoms with Gasteiger partial charge in [-0.05, 0) is 6.07 Å². The highest BCUT2D eigenvalue weighted by molar-refractivity contribution is 6.32. The summed E-state index contributed by atoms with van der Waals surface area (Å²) in [6, 6.07) is 3.90. The third-order valence-electron chi connectivity index (χ3n) is 2.98. The van der Waals surface area contributed by atoms with E-state index in [4.69, 9.17) is 21.1 Å². The molecule has 0 saturated carbocycles. The maximum Gasteiger partial charge on any atom is 0.262 e. The Morgan fingerprint density at radius 2 is 1.78 bits per heavy atom. The first kappa shape index (κ1) is 16.8. The fourth-order valence-corrected chi connectivity index (χ4v) is 2.17.